The molecular weight excluding hydrogens is 338 g/mol. The zero-order valence-electron chi connectivity index (χ0n) is 14.6. The van der Waals surface area contributed by atoms with Crippen LogP contribution in [0.5, 0.6) is 0 Å². The van der Waals surface area contributed by atoms with Gasteiger partial charge in [-0.05, 0) is 49.2 Å². The van der Waals surface area contributed by atoms with E-state index in [1.54, 1.807) is 13.0 Å². The van der Waals surface area contributed by atoms with Crippen LogP contribution in [0.1, 0.15) is 24.5 Å². The van der Waals surface area contributed by atoms with Crippen molar-refractivity contribution >= 4 is 40.5 Å². The van der Waals surface area contributed by atoms with Crippen molar-refractivity contribution in [1.29, 1.82) is 0 Å². The summed E-state index contributed by atoms with van der Waals surface area (Å²) in [6, 6.07) is 10.9. The first-order valence-corrected chi connectivity index (χ1v) is 8.48. The van der Waals surface area contributed by atoms with Crippen LogP contribution in [0.3, 0.4) is 0 Å². The Kier molecular flexibility index (Phi) is 6.42. The summed E-state index contributed by atoms with van der Waals surface area (Å²) in [5, 5.41) is 9.35. The first-order chi connectivity index (χ1) is 11.9. The Bertz CT molecular complexity index is 790. The van der Waals surface area contributed by atoms with Crippen molar-refractivity contribution in [3.63, 3.8) is 0 Å². The molecule has 0 saturated heterocycles. The molecule has 0 bridgehead atoms. The predicted molar refractivity (Wildman–Crippen MR) is 103 cm³/mol. The molecule has 2 amide bonds. The second-order valence-electron chi connectivity index (χ2n) is 5.75. The van der Waals surface area contributed by atoms with Crippen LogP contribution in [-0.4, -0.2) is 18.4 Å². The Morgan fingerprint density at radius 3 is 2.40 bits per heavy atom. The van der Waals surface area contributed by atoms with Crippen molar-refractivity contribution < 1.29 is 9.59 Å². The zero-order chi connectivity index (χ0) is 18.4. The van der Waals surface area contributed by atoms with Crippen LogP contribution in [0.2, 0.25) is 5.02 Å². The number of carbonyl (C=O) groups is 2. The second-order valence-corrected chi connectivity index (χ2v) is 6.15. The highest BCUT2D eigenvalue weighted by Crippen LogP contribution is 2.23. The summed E-state index contributed by atoms with van der Waals surface area (Å²) < 4.78 is 0. The molecule has 0 heterocycles. The van der Waals surface area contributed by atoms with Crippen molar-refractivity contribution in [2.75, 3.05) is 22.5 Å². The van der Waals surface area contributed by atoms with E-state index in [-0.39, 0.29) is 18.4 Å². The van der Waals surface area contributed by atoms with Gasteiger partial charge in [0.15, 0.2) is 0 Å². The molecule has 25 heavy (non-hydrogen) atoms. The van der Waals surface area contributed by atoms with Crippen LogP contribution in [0.25, 0.3) is 0 Å². The van der Waals surface area contributed by atoms with Crippen LogP contribution in [0.15, 0.2) is 36.4 Å². The molecule has 2 aromatic carbocycles. The fourth-order valence-electron chi connectivity index (χ4n) is 2.25. The van der Waals surface area contributed by atoms with Gasteiger partial charge < -0.3 is 16.0 Å². The van der Waals surface area contributed by atoms with Gasteiger partial charge >= 0.3 is 0 Å². The number of benzene rings is 2. The number of hydrogen-bond donors (Lipinski definition) is 3. The lowest BCUT2D eigenvalue weighted by Crippen LogP contribution is -2.22. The van der Waals surface area contributed by atoms with Gasteiger partial charge in [-0.15, -0.1) is 0 Å². The van der Waals surface area contributed by atoms with Gasteiger partial charge in [0.25, 0.3) is 0 Å². The van der Waals surface area contributed by atoms with E-state index in [2.05, 4.69) is 16.0 Å². The molecule has 0 radical (unpaired) electrons. The number of halogens is 1. The maximum atomic E-state index is 12.1. The molecule has 2 rings (SSSR count). The number of rotatable bonds is 6. The van der Waals surface area contributed by atoms with Crippen LogP contribution in [-0.2, 0) is 9.59 Å². The third-order valence-corrected chi connectivity index (χ3v) is 4.23. The molecule has 0 fully saturated rings. The third kappa shape index (κ3) is 5.22. The lowest BCUT2D eigenvalue weighted by molar-refractivity contribution is -0.116. The highest BCUT2D eigenvalue weighted by molar-refractivity contribution is 6.31. The summed E-state index contributed by atoms with van der Waals surface area (Å²) in [6.07, 6.45) is 0.415. The second kappa shape index (κ2) is 8.53. The van der Waals surface area contributed by atoms with Gasteiger partial charge in [-0.25, -0.2) is 0 Å². The number of carbonyl (C=O) groups excluding carboxylic acids is 2. The van der Waals surface area contributed by atoms with Crippen molar-refractivity contribution in [1.82, 2.24) is 0 Å². The number of aryl methyl sites for hydroxylation is 1. The highest BCUT2D eigenvalue weighted by atomic mass is 35.5. The average Bonchev–Trinajstić information content (AvgIpc) is 2.58. The van der Waals surface area contributed by atoms with Gasteiger partial charge in [-0.3, -0.25) is 9.59 Å². The molecular formula is C19H22ClN3O2. The maximum absolute atomic E-state index is 12.1. The molecule has 0 saturated carbocycles. The van der Waals surface area contributed by atoms with Crippen molar-refractivity contribution in [3.8, 4) is 0 Å². The first kappa shape index (κ1) is 18.8. The van der Waals surface area contributed by atoms with Gasteiger partial charge in [0.1, 0.15) is 0 Å². The quantitative estimate of drug-likeness (QED) is 0.717. The Labute approximate surface area is 152 Å². The lowest BCUT2D eigenvalue weighted by Gasteiger charge is -2.14. The largest absolute Gasteiger partial charge is 0.376 e. The molecule has 0 atom stereocenters. The standard InChI is InChI=1S/C19H22ClN3O2/c1-4-18(24)23-17-7-5-6-16(13(17)3)21-11-19(25)22-14-9-8-12(2)15(20)10-14/h5-10,21H,4,11H2,1-3H3,(H,22,25)(H,23,24). The lowest BCUT2D eigenvalue weighted by atomic mass is 10.1. The molecule has 0 aliphatic carbocycles. The first-order valence-electron chi connectivity index (χ1n) is 8.10. The average molecular weight is 360 g/mol. The van der Waals surface area contributed by atoms with Crippen molar-refractivity contribution in [2.45, 2.75) is 27.2 Å². The van der Waals surface area contributed by atoms with Crippen molar-refractivity contribution in [3.05, 3.63) is 52.5 Å². The smallest absolute Gasteiger partial charge is 0.243 e. The van der Waals surface area contributed by atoms with Crippen molar-refractivity contribution in [2.24, 2.45) is 0 Å². The molecule has 3 N–H and O–H groups in total. The van der Waals surface area contributed by atoms with Gasteiger partial charge in [-0.2, -0.15) is 0 Å². The SMILES string of the molecule is CCC(=O)Nc1cccc(NCC(=O)Nc2ccc(C)c(Cl)c2)c1C. The molecule has 6 heteroatoms. The maximum Gasteiger partial charge on any atom is 0.243 e. The van der Waals surface area contributed by atoms with E-state index < -0.39 is 0 Å². The van der Waals surface area contributed by atoms with Gasteiger partial charge in [-0.1, -0.05) is 30.7 Å². The molecule has 2 aromatic rings. The Balaban J connectivity index is 1.98. The minimum Gasteiger partial charge on any atom is -0.376 e. The molecule has 0 unspecified atom stereocenters. The molecule has 0 spiro atoms. The van der Waals surface area contributed by atoms with Crippen LogP contribution in [0, 0.1) is 13.8 Å². The van der Waals surface area contributed by atoms with E-state index in [1.165, 1.54) is 0 Å². The highest BCUT2D eigenvalue weighted by Gasteiger charge is 2.08. The Hall–Kier alpha value is -2.53. The number of hydrogen-bond acceptors (Lipinski definition) is 3. The van der Waals surface area contributed by atoms with E-state index in [4.69, 9.17) is 11.6 Å². The number of nitrogens with one attached hydrogen (secondary N) is 3. The monoisotopic (exact) mass is 359 g/mol. The molecule has 5 nitrogen and oxygen atoms in total. The van der Waals surface area contributed by atoms with E-state index in [0.717, 1.165) is 22.5 Å². The molecule has 0 aliphatic rings. The summed E-state index contributed by atoms with van der Waals surface area (Å²) in [7, 11) is 0. The van der Waals surface area contributed by atoms with E-state index in [1.807, 2.05) is 44.2 Å². The van der Waals surface area contributed by atoms with E-state index >= 15 is 0 Å². The van der Waals surface area contributed by atoms with Crippen LogP contribution < -0.4 is 16.0 Å². The molecule has 132 valence electrons. The summed E-state index contributed by atoms with van der Waals surface area (Å²) in [4.78, 5) is 23.7. The fourth-order valence-corrected chi connectivity index (χ4v) is 2.43. The van der Waals surface area contributed by atoms with E-state index in [9.17, 15) is 9.59 Å². The minimum absolute atomic E-state index is 0.0470. The summed E-state index contributed by atoms with van der Waals surface area (Å²) in [6.45, 7) is 5.71. The zero-order valence-corrected chi connectivity index (χ0v) is 15.3. The summed E-state index contributed by atoms with van der Waals surface area (Å²) >= 11 is 6.06. The number of amides is 2. The normalized spacial score (nSPS) is 10.2. The Morgan fingerprint density at radius 1 is 1.00 bits per heavy atom. The summed E-state index contributed by atoms with van der Waals surface area (Å²) in [5.41, 5.74) is 4.03. The van der Waals surface area contributed by atoms with Gasteiger partial charge in [0.05, 0.1) is 6.54 Å². The predicted octanol–water partition coefficient (Wildman–Crippen LogP) is 4.36. The number of anilines is 3. The van der Waals surface area contributed by atoms with Crippen LogP contribution >= 0.6 is 11.6 Å². The fraction of sp³-hybridized carbons (Fsp3) is 0.263. The van der Waals surface area contributed by atoms with E-state index in [0.29, 0.717) is 17.1 Å². The topological polar surface area (TPSA) is 70.2 Å². The molecule has 0 aromatic heterocycles. The van der Waals surface area contributed by atoms with Gasteiger partial charge in [0, 0.05) is 28.5 Å². The third-order valence-electron chi connectivity index (χ3n) is 3.82. The van der Waals surface area contributed by atoms with Gasteiger partial charge in [0.2, 0.25) is 11.8 Å². The minimum atomic E-state index is -0.178. The van der Waals surface area contributed by atoms with Crippen LogP contribution in [0.4, 0.5) is 17.1 Å². The summed E-state index contributed by atoms with van der Waals surface area (Å²) in [5.74, 6) is -0.225. The molecule has 0 aliphatic heterocycles. The Morgan fingerprint density at radius 2 is 1.72 bits per heavy atom.